The van der Waals surface area contributed by atoms with Gasteiger partial charge in [-0.1, -0.05) is 23.7 Å². The van der Waals surface area contributed by atoms with Gasteiger partial charge in [0, 0.05) is 10.6 Å². The number of quaternary nitrogens is 1. The van der Waals surface area contributed by atoms with Crippen molar-refractivity contribution in [1.82, 2.24) is 0 Å². The Hall–Kier alpha value is -0.240. The molecule has 3 heteroatoms. The summed E-state index contributed by atoms with van der Waals surface area (Å²) in [5.41, 5.74) is 5.12. The third kappa shape index (κ3) is 3.10. The Morgan fingerprint density at radius 2 is 1.73 bits per heavy atom. The maximum absolute atomic E-state index is 5.70. The normalized spacial score (nSPS) is 11.9. The van der Waals surface area contributed by atoms with E-state index in [9.17, 15) is 0 Å². The Balaban J connectivity index is 0.000001000. The van der Waals surface area contributed by atoms with Crippen LogP contribution in [-0.4, -0.2) is 0 Å². The zero-order chi connectivity index (χ0) is 7.56. The lowest BCUT2D eigenvalue weighted by Crippen LogP contribution is -3.00. The highest BCUT2D eigenvalue weighted by molar-refractivity contribution is 6.30. The van der Waals surface area contributed by atoms with Crippen molar-refractivity contribution in [1.29, 1.82) is 0 Å². The summed E-state index contributed by atoms with van der Waals surface area (Å²) in [4.78, 5) is 0. The summed E-state index contributed by atoms with van der Waals surface area (Å²) < 4.78 is 0. The summed E-state index contributed by atoms with van der Waals surface area (Å²) in [5, 5.41) is 0.782. The molecule has 0 aliphatic heterocycles. The quantitative estimate of drug-likeness (QED) is 0.569. The molecule has 0 radical (unpaired) electrons. The summed E-state index contributed by atoms with van der Waals surface area (Å²) in [5.74, 6) is 0. The molecule has 1 aromatic carbocycles. The van der Waals surface area contributed by atoms with Crippen LogP contribution in [-0.2, 0) is 0 Å². The lowest BCUT2D eigenvalue weighted by Gasteiger charge is -2.00. The van der Waals surface area contributed by atoms with Crippen LogP contribution in [0.15, 0.2) is 24.3 Å². The Kier molecular flexibility index (Phi) is 4.50. The first kappa shape index (κ1) is 10.8. The minimum absolute atomic E-state index is 0. The first-order valence-electron chi connectivity index (χ1n) is 3.28. The molecule has 0 aliphatic rings. The van der Waals surface area contributed by atoms with E-state index in [0.29, 0.717) is 6.04 Å². The fourth-order valence-corrected chi connectivity index (χ4v) is 0.917. The van der Waals surface area contributed by atoms with E-state index in [-0.39, 0.29) is 12.4 Å². The minimum atomic E-state index is 0. The van der Waals surface area contributed by atoms with Crippen molar-refractivity contribution in [2.45, 2.75) is 13.0 Å². The van der Waals surface area contributed by atoms with E-state index < -0.39 is 0 Å². The average molecular weight is 192 g/mol. The zero-order valence-electron chi connectivity index (χ0n) is 6.35. The molecule has 1 aromatic rings. The van der Waals surface area contributed by atoms with E-state index in [4.69, 9.17) is 11.6 Å². The maximum Gasteiger partial charge on any atom is 0.107 e. The lowest BCUT2D eigenvalue weighted by atomic mass is 10.1. The highest BCUT2D eigenvalue weighted by atomic mass is 35.5. The fraction of sp³-hybridized carbons (Fsp3) is 0.250. The van der Waals surface area contributed by atoms with Crippen molar-refractivity contribution < 1.29 is 18.1 Å². The summed E-state index contributed by atoms with van der Waals surface area (Å²) in [6.45, 7) is 2.06. The minimum Gasteiger partial charge on any atom is -1.00 e. The van der Waals surface area contributed by atoms with Gasteiger partial charge < -0.3 is 18.1 Å². The second-order valence-corrected chi connectivity index (χ2v) is 2.89. The van der Waals surface area contributed by atoms with E-state index in [1.54, 1.807) is 0 Å². The molecule has 0 aromatic heterocycles. The number of hydrogen-bond acceptors (Lipinski definition) is 0. The van der Waals surface area contributed by atoms with Crippen LogP contribution < -0.4 is 18.1 Å². The molecule has 0 spiro atoms. The Bertz CT molecular complexity index is 206. The van der Waals surface area contributed by atoms with Crippen LogP contribution in [0.5, 0.6) is 0 Å². The van der Waals surface area contributed by atoms with E-state index in [2.05, 4.69) is 12.7 Å². The molecule has 0 saturated carbocycles. The predicted molar refractivity (Wildman–Crippen MR) is 42.8 cm³/mol. The van der Waals surface area contributed by atoms with Gasteiger partial charge in [-0.2, -0.15) is 0 Å². The largest absolute Gasteiger partial charge is 1.00 e. The molecule has 0 fully saturated rings. The average Bonchev–Trinajstić information content (AvgIpc) is 1.88. The van der Waals surface area contributed by atoms with Gasteiger partial charge in [-0.15, -0.1) is 0 Å². The third-order valence-corrected chi connectivity index (χ3v) is 1.69. The Labute approximate surface area is 78.0 Å². The van der Waals surface area contributed by atoms with Crippen LogP contribution in [0.1, 0.15) is 18.5 Å². The van der Waals surface area contributed by atoms with Gasteiger partial charge in [0.15, 0.2) is 0 Å². The van der Waals surface area contributed by atoms with Crippen LogP contribution in [0.2, 0.25) is 5.02 Å². The number of hydrogen-bond donors (Lipinski definition) is 1. The van der Waals surface area contributed by atoms with Crippen LogP contribution >= 0.6 is 11.6 Å². The molecule has 0 heterocycles. The molecule has 0 bridgehead atoms. The molecule has 1 atom stereocenters. The summed E-state index contributed by atoms with van der Waals surface area (Å²) in [7, 11) is 0. The highest BCUT2D eigenvalue weighted by Gasteiger charge is 1.99. The Morgan fingerprint density at radius 1 is 1.27 bits per heavy atom. The summed E-state index contributed by atoms with van der Waals surface area (Å²) >= 11 is 5.70. The lowest BCUT2D eigenvalue weighted by molar-refractivity contribution is -0.420. The first-order valence-corrected chi connectivity index (χ1v) is 3.66. The second kappa shape index (κ2) is 4.60. The topological polar surface area (TPSA) is 27.6 Å². The van der Waals surface area contributed by atoms with Crippen LogP contribution in [0, 0.1) is 0 Å². The van der Waals surface area contributed by atoms with Crippen LogP contribution in [0.3, 0.4) is 0 Å². The van der Waals surface area contributed by atoms with Gasteiger partial charge in [0.05, 0.1) is 0 Å². The fourth-order valence-electron chi connectivity index (χ4n) is 0.791. The van der Waals surface area contributed by atoms with Crippen molar-refractivity contribution in [3.05, 3.63) is 34.9 Å². The molecule has 0 amide bonds. The number of halogens is 2. The van der Waals surface area contributed by atoms with Crippen molar-refractivity contribution in [2.75, 3.05) is 0 Å². The number of benzene rings is 1. The van der Waals surface area contributed by atoms with Gasteiger partial charge in [-0.3, -0.25) is 0 Å². The monoisotopic (exact) mass is 191 g/mol. The van der Waals surface area contributed by atoms with Gasteiger partial charge in [-0.25, -0.2) is 0 Å². The number of rotatable bonds is 1. The van der Waals surface area contributed by atoms with E-state index in [1.807, 2.05) is 24.3 Å². The standard InChI is InChI=1S/C8H10ClN.ClH/c1-6(10)7-2-4-8(9)5-3-7;/h2-6H,10H2,1H3;1H. The molecule has 1 nitrogen and oxygen atoms in total. The van der Waals surface area contributed by atoms with Crippen molar-refractivity contribution in [3.8, 4) is 0 Å². The smallest absolute Gasteiger partial charge is 0.107 e. The molecule has 1 rings (SSSR count). The molecular weight excluding hydrogens is 181 g/mol. The van der Waals surface area contributed by atoms with Crippen molar-refractivity contribution in [2.24, 2.45) is 0 Å². The van der Waals surface area contributed by atoms with Gasteiger partial charge in [-0.05, 0) is 19.1 Å². The second-order valence-electron chi connectivity index (χ2n) is 2.45. The SMILES string of the molecule is CC([NH3+])c1ccc(Cl)cc1.[Cl-]. The summed E-state index contributed by atoms with van der Waals surface area (Å²) in [6, 6.07) is 8.12. The van der Waals surface area contributed by atoms with Crippen LogP contribution in [0.4, 0.5) is 0 Å². The third-order valence-electron chi connectivity index (χ3n) is 1.44. The summed E-state index contributed by atoms with van der Waals surface area (Å²) in [6.07, 6.45) is 0. The van der Waals surface area contributed by atoms with Gasteiger partial charge >= 0.3 is 0 Å². The molecule has 1 unspecified atom stereocenters. The predicted octanol–water partition coefficient (Wildman–Crippen LogP) is -1.35. The molecule has 11 heavy (non-hydrogen) atoms. The highest BCUT2D eigenvalue weighted by Crippen LogP contribution is 2.12. The molecule has 0 aliphatic carbocycles. The molecule has 0 saturated heterocycles. The molecule has 62 valence electrons. The van der Waals surface area contributed by atoms with E-state index in [0.717, 1.165) is 5.02 Å². The Morgan fingerprint density at radius 3 is 2.09 bits per heavy atom. The molecular formula is C8H11Cl2N. The zero-order valence-corrected chi connectivity index (χ0v) is 7.86. The molecule has 3 N–H and O–H groups in total. The first-order chi connectivity index (χ1) is 4.70. The van der Waals surface area contributed by atoms with E-state index in [1.165, 1.54) is 5.56 Å². The van der Waals surface area contributed by atoms with Gasteiger partial charge in [0.2, 0.25) is 0 Å². The van der Waals surface area contributed by atoms with Gasteiger partial charge in [0.1, 0.15) is 6.04 Å². The van der Waals surface area contributed by atoms with E-state index >= 15 is 0 Å². The van der Waals surface area contributed by atoms with Crippen LogP contribution in [0.25, 0.3) is 0 Å². The van der Waals surface area contributed by atoms with Crippen molar-refractivity contribution in [3.63, 3.8) is 0 Å². The maximum atomic E-state index is 5.70. The van der Waals surface area contributed by atoms with Gasteiger partial charge in [0.25, 0.3) is 0 Å². The van der Waals surface area contributed by atoms with Crippen molar-refractivity contribution >= 4 is 11.6 Å².